The zero-order valence-electron chi connectivity index (χ0n) is 11.1. The second-order valence-corrected chi connectivity index (χ2v) is 4.25. The number of ether oxygens (including phenoxy) is 3. The maximum absolute atomic E-state index is 11.5. The summed E-state index contributed by atoms with van der Waals surface area (Å²) in [6.45, 7) is 2.81. The smallest absolute Gasteiger partial charge is 0.360 e. The predicted molar refractivity (Wildman–Crippen MR) is 68.4 cm³/mol. The van der Waals surface area contributed by atoms with Crippen LogP contribution in [-0.4, -0.2) is 41.3 Å². The number of hydrogen-bond donors (Lipinski definition) is 0. The van der Waals surface area contributed by atoms with Crippen LogP contribution in [0, 0.1) is 6.92 Å². The minimum atomic E-state index is -0.508. The molecule has 0 radical (unpaired) electrons. The largest absolute Gasteiger partial charge is 0.486 e. The number of carbonyl (C=O) groups excluding carboxylic acids is 1. The maximum Gasteiger partial charge on any atom is 0.360 e. The van der Waals surface area contributed by atoms with E-state index in [4.69, 9.17) is 9.47 Å². The number of carbonyl (C=O) groups is 1. The Hall–Kier alpha value is -2.57. The van der Waals surface area contributed by atoms with Crippen LogP contribution in [0.25, 0.3) is 5.69 Å². The van der Waals surface area contributed by atoms with Gasteiger partial charge in [0.15, 0.2) is 17.2 Å². The number of nitrogens with zero attached hydrogens (tertiary/aromatic N) is 3. The second-order valence-electron chi connectivity index (χ2n) is 4.25. The molecule has 1 aliphatic heterocycles. The highest BCUT2D eigenvalue weighted by molar-refractivity contribution is 5.88. The van der Waals surface area contributed by atoms with E-state index in [1.165, 1.54) is 7.11 Å². The van der Waals surface area contributed by atoms with E-state index in [1.807, 2.05) is 12.1 Å². The lowest BCUT2D eigenvalue weighted by molar-refractivity contribution is 0.0593. The Morgan fingerprint density at radius 1 is 1.30 bits per heavy atom. The minimum absolute atomic E-state index is 0.197. The van der Waals surface area contributed by atoms with Crippen molar-refractivity contribution in [1.29, 1.82) is 0 Å². The number of fused-ring (bicyclic) bond motifs is 1. The molecule has 104 valence electrons. The summed E-state index contributed by atoms with van der Waals surface area (Å²) < 4.78 is 17.2. The van der Waals surface area contributed by atoms with Gasteiger partial charge in [0.25, 0.3) is 0 Å². The van der Waals surface area contributed by atoms with Gasteiger partial charge in [0.1, 0.15) is 13.2 Å². The molecule has 0 aliphatic carbocycles. The molecule has 0 atom stereocenters. The molecule has 1 aliphatic rings. The van der Waals surface area contributed by atoms with Crippen molar-refractivity contribution in [1.82, 2.24) is 15.0 Å². The number of benzene rings is 1. The Morgan fingerprint density at radius 3 is 2.80 bits per heavy atom. The molecule has 7 heteroatoms. The van der Waals surface area contributed by atoms with Gasteiger partial charge in [-0.05, 0) is 19.1 Å². The van der Waals surface area contributed by atoms with E-state index in [9.17, 15) is 4.79 Å². The summed E-state index contributed by atoms with van der Waals surface area (Å²) in [6, 6.07) is 5.44. The number of methoxy groups -OCH3 is 1. The topological polar surface area (TPSA) is 75.5 Å². The molecule has 3 rings (SSSR count). The standard InChI is InChI=1S/C13H13N3O4/c1-8-12(13(17)18-2)14-15-16(8)9-3-4-10-11(7-9)20-6-5-19-10/h3-4,7H,5-6H2,1-2H3. The van der Waals surface area contributed by atoms with Crippen molar-refractivity contribution in [3.05, 3.63) is 29.6 Å². The summed E-state index contributed by atoms with van der Waals surface area (Å²) in [4.78, 5) is 11.5. The first-order chi connectivity index (χ1) is 9.70. The first-order valence-corrected chi connectivity index (χ1v) is 6.11. The molecule has 0 N–H and O–H groups in total. The number of hydrogen-bond acceptors (Lipinski definition) is 6. The van der Waals surface area contributed by atoms with Crippen LogP contribution >= 0.6 is 0 Å². The molecule has 0 spiro atoms. The van der Waals surface area contributed by atoms with Crippen molar-refractivity contribution in [3.63, 3.8) is 0 Å². The third-order valence-electron chi connectivity index (χ3n) is 3.04. The van der Waals surface area contributed by atoms with Crippen molar-refractivity contribution >= 4 is 5.97 Å². The number of esters is 1. The van der Waals surface area contributed by atoms with E-state index in [1.54, 1.807) is 17.7 Å². The van der Waals surface area contributed by atoms with Gasteiger partial charge in [-0.1, -0.05) is 5.21 Å². The van der Waals surface area contributed by atoms with Crippen LogP contribution in [-0.2, 0) is 4.74 Å². The monoisotopic (exact) mass is 275 g/mol. The molecule has 0 saturated carbocycles. The molecular weight excluding hydrogens is 262 g/mol. The Bertz CT molecular complexity index is 666. The summed E-state index contributed by atoms with van der Waals surface area (Å²) in [5, 5.41) is 7.81. The molecule has 0 saturated heterocycles. The van der Waals surface area contributed by atoms with Gasteiger partial charge < -0.3 is 14.2 Å². The third kappa shape index (κ3) is 1.97. The van der Waals surface area contributed by atoms with Crippen molar-refractivity contribution in [2.24, 2.45) is 0 Å². The third-order valence-corrected chi connectivity index (χ3v) is 3.04. The lowest BCUT2D eigenvalue weighted by Crippen LogP contribution is -2.15. The molecule has 0 unspecified atom stereocenters. The molecule has 0 bridgehead atoms. The molecule has 2 heterocycles. The fourth-order valence-corrected chi connectivity index (χ4v) is 2.02. The molecule has 0 amide bonds. The van der Waals surface area contributed by atoms with Gasteiger partial charge in [0.2, 0.25) is 0 Å². The highest BCUT2D eigenvalue weighted by Crippen LogP contribution is 2.32. The molecule has 20 heavy (non-hydrogen) atoms. The molecule has 0 fully saturated rings. The molecular formula is C13H13N3O4. The van der Waals surface area contributed by atoms with Crippen LogP contribution in [0.15, 0.2) is 18.2 Å². The van der Waals surface area contributed by atoms with Crippen LogP contribution in [0.2, 0.25) is 0 Å². The van der Waals surface area contributed by atoms with Crippen LogP contribution in [0.4, 0.5) is 0 Å². The molecule has 2 aromatic rings. The highest BCUT2D eigenvalue weighted by Gasteiger charge is 2.19. The minimum Gasteiger partial charge on any atom is -0.486 e. The van der Waals surface area contributed by atoms with Gasteiger partial charge in [0, 0.05) is 6.07 Å². The molecule has 1 aromatic carbocycles. The Kier molecular flexibility index (Phi) is 3.02. The second kappa shape index (κ2) is 4.84. The summed E-state index contributed by atoms with van der Waals surface area (Å²) in [7, 11) is 1.31. The van der Waals surface area contributed by atoms with Crippen molar-refractivity contribution in [2.75, 3.05) is 20.3 Å². The van der Waals surface area contributed by atoms with Gasteiger partial charge in [-0.3, -0.25) is 0 Å². The first-order valence-electron chi connectivity index (χ1n) is 6.11. The zero-order chi connectivity index (χ0) is 14.1. The van der Waals surface area contributed by atoms with Crippen molar-refractivity contribution in [2.45, 2.75) is 6.92 Å². The average molecular weight is 275 g/mol. The molecule has 1 aromatic heterocycles. The van der Waals surface area contributed by atoms with Gasteiger partial charge in [0.05, 0.1) is 18.5 Å². The Balaban J connectivity index is 2.01. The van der Waals surface area contributed by atoms with E-state index < -0.39 is 5.97 Å². The average Bonchev–Trinajstić information content (AvgIpc) is 2.87. The van der Waals surface area contributed by atoms with Gasteiger partial charge in [-0.25, -0.2) is 9.48 Å². The maximum atomic E-state index is 11.5. The van der Waals surface area contributed by atoms with E-state index in [-0.39, 0.29) is 5.69 Å². The lowest BCUT2D eigenvalue weighted by Gasteiger charge is -2.18. The van der Waals surface area contributed by atoms with Crippen molar-refractivity contribution < 1.29 is 19.0 Å². The Morgan fingerprint density at radius 2 is 2.05 bits per heavy atom. The van der Waals surface area contributed by atoms with Gasteiger partial charge in [-0.2, -0.15) is 0 Å². The summed E-state index contributed by atoms with van der Waals surface area (Å²) in [6.07, 6.45) is 0. The summed E-state index contributed by atoms with van der Waals surface area (Å²) in [5.74, 6) is 0.848. The Labute approximate surface area is 115 Å². The van der Waals surface area contributed by atoms with E-state index >= 15 is 0 Å². The van der Waals surface area contributed by atoms with Crippen LogP contribution in [0.3, 0.4) is 0 Å². The molecule has 7 nitrogen and oxygen atoms in total. The van der Waals surface area contributed by atoms with E-state index in [0.717, 1.165) is 5.69 Å². The van der Waals surface area contributed by atoms with E-state index in [2.05, 4.69) is 15.0 Å². The lowest BCUT2D eigenvalue weighted by atomic mass is 10.2. The van der Waals surface area contributed by atoms with E-state index in [0.29, 0.717) is 30.4 Å². The number of rotatable bonds is 2. The summed E-state index contributed by atoms with van der Waals surface area (Å²) in [5.41, 5.74) is 1.55. The van der Waals surface area contributed by atoms with Gasteiger partial charge in [-0.15, -0.1) is 5.10 Å². The fourth-order valence-electron chi connectivity index (χ4n) is 2.02. The van der Waals surface area contributed by atoms with Crippen LogP contribution in [0.1, 0.15) is 16.2 Å². The predicted octanol–water partition coefficient (Wildman–Crippen LogP) is 1.13. The summed E-state index contributed by atoms with van der Waals surface area (Å²) >= 11 is 0. The zero-order valence-corrected chi connectivity index (χ0v) is 11.1. The highest BCUT2D eigenvalue weighted by atomic mass is 16.6. The van der Waals surface area contributed by atoms with Crippen molar-refractivity contribution in [3.8, 4) is 17.2 Å². The quantitative estimate of drug-likeness (QED) is 0.765. The van der Waals surface area contributed by atoms with Crippen LogP contribution in [0.5, 0.6) is 11.5 Å². The number of aromatic nitrogens is 3. The fraction of sp³-hybridized carbons (Fsp3) is 0.308. The normalized spacial score (nSPS) is 13.1. The first kappa shape index (κ1) is 12.5. The SMILES string of the molecule is COC(=O)c1nnn(-c2ccc3c(c2)OCCO3)c1C. The van der Waals surface area contributed by atoms with Gasteiger partial charge >= 0.3 is 5.97 Å². The van der Waals surface area contributed by atoms with Crippen LogP contribution < -0.4 is 9.47 Å².